The third-order valence-electron chi connectivity index (χ3n) is 6.04. The lowest BCUT2D eigenvalue weighted by Gasteiger charge is -2.18. The van der Waals surface area contributed by atoms with E-state index >= 15 is 0 Å². The number of esters is 1. The Balaban J connectivity index is 1.54. The highest BCUT2D eigenvalue weighted by atomic mass is 16.5. The summed E-state index contributed by atoms with van der Waals surface area (Å²) in [6, 6.07) is 18.8. The molecule has 0 aliphatic carbocycles. The van der Waals surface area contributed by atoms with Crippen LogP contribution in [0.5, 0.6) is 11.5 Å². The molecule has 0 saturated heterocycles. The number of Topliss-reactive ketones (excluding diaryl/α,β-unsaturated/α-hetero) is 1. The number of fused-ring (bicyclic) bond motifs is 1. The monoisotopic (exact) mass is 454 g/mol. The van der Waals surface area contributed by atoms with E-state index in [2.05, 4.69) is 46.8 Å². The fourth-order valence-electron chi connectivity index (χ4n) is 3.94. The van der Waals surface area contributed by atoms with Crippen LogP contribution in [-0.4, -0.2) is 11.8 Å². The van der Waals surface area contributed by atoms with Crippen molar-refractivity contribution in [1.82, 2.24) is 0 Å². The Hall–Kier alpha value is -3.66. The highest BCUT2D eigenvalue weighted by molar-refractivity contribution is 6.15. The van der Waals surface area contributed by atoms with Gasteiger partial charge in [0.2, 0.25) is 5.78 Å². The Kier molecular flexibility index (Phi) is 6.18. The molecule has 1 heterocycles. The van der Waals surface area contributed by atoms with Crippen molar-refractivity contribution in [1.29, 1.82) is 0 Å². The van der Waals surface area contributed by atoms with Gasteiger partial charge in [-0.3, -0.25) is 4.79 Å². The SMILES string of the molecule is Cc1cc(OC(=O)c2ccc(C(C)(C)C)cc2)cc2c1C(=O)/C(=C/c1ccc(C(C)C)cc1)O2. The Labute approximate surface area is 201 Å². The first-order chi connectivity index (χ1) is 16.0. The van der Waals surface area contributed by atoms with Crippen molar-refractivity contribution in [2.24, 2.45) is 0 Å². The lowest BCUT2D eigenvalue weighted by Crippen LogP contribution is -2.13. The lowest BCUT2D eigenvalue weighted by molar-refractivity contribution is 0.0734. The summed E-state index contributed by atoms with van der Waals surface area (Å²) >= 11 is 0. The molecule has 0 unspecified atom stereocenters. The average molecular weight is 455 g/mol. The van der Waals surface area contributed by atoms with Crippen LogP contribution >= 0.6 is 0 Å². The molecule has 34 heavy (non-hydrogen) atoms. The van der Waals surface area contributed by atoms with Gasteiger partial charge in [-0.1, -0.05) is 71.0 Å². The Bertz CT molecular complexity index is 1270. The number of carbonyl (C=O) groups is 2. The molecular formula is C30H30O4. The number of benzene rings is 3. The van der Waals surface area contributed by atoms with E-state index in [9.17, 15) is 9.59 Å². The van der Waals surface area contributed by atoms with Gasteiger partial charge in [-0.05, 0) is 64.8 Å². The fraction of sp³-hybridized carbons (Fsp3) is 0.267. The van der Waals surface area contributed by atoms with Crippen LogP contribution in [-0.2, 0) is 5.41 Å². The second-order valence-electron chi connectivity index (χ2n) is 10.1. The quantitative estimate of drug-likeness (QED) is 0.237. The van der Waals surface area contributed by atoms with Gasteiger partial charge in [-0.2, -0.15) is 0 Å². The van der Waals surface area contributed by atoms with E-state index in [1.165, 1.54) is 5.56 Å². The molecule has 4 rings (SSSR count). The Morgan fingerprint density at radius 3 is 2.21 bits per heavy atom. The fourth-order valence-corrected chi connectivity index (χ4v) is 3.94. The van der Waals surface area contributed by atoms with E-state index in [1.807, 2.05) is 31.2 Å². The number of ketones is 1. The number of ether oxygens (including phenoxy) is 2. The van der Waals surface area contributed by atoms with Crippen LogP contribution in [0.1, 0.15) is 83.5 Å². The number of hydrogen-bond donors (Lipinski definition) is 0. The Morgan fingerprint density at radius 1 is 0.971 bits per heavy atom. The minimum absolute atomic E-state index is 0.00506. The van der Waals surface area contributed by atoms with Crippen LogP contribution in [0, 0.1) is 6.92 Å². The van der Waals surface area contributed by atoms with Gasteiger partial charge < -0.3 is 9.47 Å². The number of aryl methyl sites for hydroxylation is 1. The van der Waals surface area contributed by atoms with E-state index in [4.69, 9.17) is 9.47 Å². The van der Waals surface area contributed by atoms with E-state index in [-0.39, 0.29) is 17.0 Å². The molecule has 1 aliphatic rings. The lowest BCUT2D eigenvalue weighted by atomic mass is 9.87. The predicted molar refractivity (Wildman–Crippen MR) is 135 cm³/mol. The molecule has 1 aliphatic heterocycles. The molecule has 3 aromatic rings. The van der Waals surface area contributed by atoms with Gasteiger partial charge in [0, 0.05) is 6.07 Å². The summed E-state index contributed by atoms with van der Waals surface area (Å²) in [5.41, 5.74) is 4.94. The van der Waals surface area contributed by atoms with E-state index in [0.29, 0.717) is 34.1 Å². The molecule has 0 aromatic heterocycles. The van der Waals surface area contributed by atoms with Gasteiger partial charge in [0.1, 0.15) is 11.5 Å². The summed E-state index contributed by atoms with van der Waals surface area (Å²) in [6.45, 7) is 12.5. The van der Waals surface area contributed by atoms with Crippen LogP contribution in [0.3, 0.4) is 0 Å². The van der Waals surface area contributed by atoms with Crippen molar-refractivity contribution in [3.8, 4) is 11.5 Å². The molecule has 0 N–H and O–H groups in total. The highest BCUT2D eigenvalue weighted by Gasteiger charge is 2.30. The molecule has 0 spiro atoms. The van der Waals surface area contributed by atoms with Crippen LogP contribution in [0.2, 0.25) is 0 Å². The third kappa shape index (κ3) is 4.81. The summed E-state index contributed by atoms with van der Waals surface area (Å²) in [7, 11) is 0. The van der Waals surface area contributed by atoms with Crippen molar-refractivity contribution in [2.45, 2.75) is 52.9 Å². The molecule has 0 fully saturated rings. The molecule has 0 atom stereocenters. The molecule has 0 radical (unpaired) electrons. The van der Waals surface area contributed by atoms with Crippen LogP contribution in [0.4, 0.5) is 0 Å². The molecule has 0 bridgehead atoms. The van der Waals surface area contributed by atoms with Gasteiger partial charge in [-0.25, -0.2) is 4.79 Å². The first-order valence-corrected chi connectivity index (χ1v) is 11.5. The van der Waals surface area contributed by atoms with Crippen molar-refractivity contribution in [3.05, 3.63) is 99.8 Å². The number of rotatable bonds is 4. The molecular weight excluding hydrogens is 424 g/mol. The number of carbonyl (C=O) groups excluding carboxylic acids is 2. The maximum Gasteiger partial charge on any atom is 0.343 e. The second-order valence-corrected chi connectivity index (χ2v) is 10.1. The second kappa shape index (κ2) is 8.94. The standard InChI is InChI=1S/C30H30O4/c1-18(2)21-9-7-20(8-10-21)16-26-28(31)27-19(3)15-24(17-25(27)34-26)33-29(32)22-11-13-23(14-12-22)30(4,5)6/h7-18H,1-6H3/b26-16-. The highest BCUT2D eigenvalue weighted by Crippen LogP contribution is 2.38. The van der Waals surface area contributed by atoms with Gasteiger partial charge in [0.05, 0.1) is 11.1 Å². The smallest absolute Gasteiger partial charge is 0.343 e. The topological polar surface area (TPSA) is 52.6 Å². The van der Waals surface area contributed by atoms with Crippen molar-refractivity contribution < 1.29 is 19.1 Å². The number of allylic oxidation sites excluding steroid dienone is 1. The zero-order valence-electron chi connectivity index (χ0n) is 20.6. The minimum Gasteiger partial charge on any atom is -0.452 e. The predicted octanol–water partition coefficient (Wildman–Crippen LogP) is 7.25. The minimum atomic E-state index is -0.454. The molecule has 3 aromatic carbocycles. The van der Waals surface area contributed by atoms with Crippen LogP contribution in [0.25, 0.3) is 6.08 Å². The zero-order valence-corrected chi connectivity index (χ0v) is 20.6. The first-order valence-electron chi connectivity index (χ1n) is 11.5. The number of hydrogen-bond acceptors (Lipinski definition) is 4. The largest absolute Gasteiger partial charge is 0.452 e. The first kappa shape index (κ1) is 23.5. The van der Waals surface area contributed by atoms with Gasteiger partial charge in [-0.15, -0.1) is 0 Å². The van der Waals surface area contributed by atoms with Crippen molar-refractivity contribution in [3.63, 3.8) is 0 Å². The molecule has 174 valence electrons. The summed E-state index contributed by atoms with van der Waals surface area (Å²) in [6.07, 6.45) is 1.74. The summed E-state index contributed by atoms with van der Waals surface area (Å²) in [5.74, 6) is 0.825. The summed E-state index contributed by atoms with van der Waals surface area (Å²) in [4.78, 5) is 25.7. The third-order valence-corrected chi connectivity index (χ3v) is 6.04. The van der Waals surface area contributed by atoms with Gasteiger partial charge in [0.15, 0.2) is 5.76 Å². The summed E-state index contributed by atoms with van der Waals surface area (Å²) in [5, 5.41) is 0. The van der Waals surface area contributed by atoms with Gasteiger partial charge >= 0.3 is 5.97 Å². The van der Waals surface area contributed by atoms with Crippen molar-refractivity contribution in [2.75, 3.05) is 0 Å². The normalized spacial score (nSPS) is 14.3. The van der Waals surface area contributed by atoms with E-state index in [0.717, 1.165) is 11.1 Å². The van der Waals surface area contributed by atoms with Crippen LogP contribution in [0.15, 0.2) is 66.4 Å². The maximum atomic E-state index is 13.0. The van der Waals surface area contributed by atoms with E-state index < -0.39 is 5.97 Å². The Morgan fingerprint density at radius 2 is 1.62 bits per heavy atom. The average Bonchev–Trinajstić information content (AvgIpc) is 3.09. The molecule has 0 amide bonds. The molecule has 4 heteroatoms. The maximum absolute atomic E-state index is 13.0. The van der Waals surface area contributed by atoms with Crippen LogP contribution < -0.4 is 9.47 Å². The molecule has 0 saturated carbocycles. The summed E-state index contributed by atoms with van der Waals surface area (Å²) < 4.78 is 11.5. The van der Waals surface area contributed by atoms with E-state index in [1.54, 1.807) is 30.3 Å². The van der Waals surface area contributed by atoms with Crippen molar-refractivity contribution >= 4 is 17.8 Å². The van der Waals surface area contributed by atoms with Gasteiger partial charge in [0.25, 0.3) is 0 Å². The molecule has 4 nitrogen and oxygen atoms in total. The zero-order chi connectivity index (χ0) is 24.6.